The Hall–Kier alpha value is -2.47. The summed E-state index contributed by atoms with van der Waals surface area (Å²) in [5.74, 6) is -0.639. The van der Waals surface area contributed by atoms with Gasteiger partial charge in [-0.15, -0.1) is 0 Å². The molecule has 0 aromatic heterocycles. The maximum Gasteiger partial charge on any atom is 0.303 e. The first-order valence-electron chi connectivity index (χ1n) is 14.5. The fourth-order valence-electron chi connectivity index (χ4n) is 5.05. The fourth-order valence-corrected chi connectivity index (χ4v) is 5.05. The smallest absolute Gasteiger partial charge is 0.303 e. The minimum atomic E-state index is -0.732. The van der Waals surface area contributed by atoms with Gasteiger partial charge in [0.05, 0.1) is 31.5 Å². The van der Waals surface area contributed by atoms with Crippen LogP contribution in [0.25, 0.3) is 0 Å². The number of carbonyl (C=O) groups is 1. The predicted molar refractivity (Wildman–Crippen MR) is 152 cm³/mol. The highest BCUT2D eigenvalue weighted by molar-refractivity contribution is 5.66. The molecule has 0 spiro atoms. The summed E-state index contributed by atoms with van der Waals surface area (Å²) in [5, 5.41) is 8.91. The Labute approximate surface area is 229 Å². The Kier molecular flexibility index (Phi) is 14.2. The lowest BCUT2D eigenvalue weighted by molar-refractivity contribution is -0.137. The Morgan fingerprint density at radius 1 is 0.816 bits per heavy atom. The maximum atomic E-state index is 10.8. The zero-order valence-corrected chi connectivity index (χ0v) is 23.0. The van der Waals surface area contributed by atoms with Gasteiger partial charge in [-0.1, -0.05) is 105 Å². The van der Waals surface area contributed by atoms with Crippen LogP contribution in [-0.4, -0.2) is 36.0 Å². The second kappa shape index (κ2) is 17.9. The number of benzene rings is 2. The minimum absolute atomic E-state index is 0.00339. The first-order chi connectivity index (χ1) is 18.7. The number of aliphatic carboxylic acids is 1. The largest absolute Gasteiger partial charge is 0.481 e. The number of allylic oxidation sites excluding steroid dienone is 1. The number of carboxylic acids is 1. The van der Waals surface area contributed by atoms with E-state index in [0.29, 0.717) is 19.6 Å². The highest BCUT2D eigenvalue weighted by Gasteiger charge is 2.44. The van der Waals surface area contributed by atoms with Crippen molar-refractivity contribution in [3.63, 3.8) is 0 Å². The molecule has 2 aromatic carbocycles. The second-order valence-electron chi connectivity index (χ2n) is 10.3. The van der Waals surface area contributed by atoms with Crippen molar-refractivity contribution in [1.82, 2.24) is 0 Å². The topological polar surface area (TPSA) is 65.0 Å². The molecule has 5 heteroatoms. The molecule has 1 saturated carbocycles. The highest BCUT2D eigenvalue weighted by atomic mass is 16.6. The van der Waals surface area contributed by atoms with Crippen molar-refractivity contribution in [3.8, 4) is 0 Å². The van der Waals surface area contributed by atoms with Gasteiger partial charge in [0.1, 0.15) is 0 Å². The number of rotatable bonds is 19. The summed E-state index contributed by atoms with van der Waals surface area (Å²) >= 11 is 0. The number of hydrogen-bond donors (Lipinski definition) is 1. The normalized spacial score (nSPS) is 21.3. The quantitative estimate of drug-likeness (QED) is 0.151. The molecule has 0 bridgehead atoms. The third-order valence-corrected chi connectivity index (χ3v) is 7.18. The lowest BCUT2D eigenvalue weighted by Crippen LogP contribution is -2.32. The molecule has 5 nitrogen and oxygen atoms in total. The molecule has 0 unspecified atom stereocenters. The summed E-state index contributed by atoms with van der Waals surface area (Å²) in [4.78, 5) is 10.8. The summed E-state index contributed by atoms with van der Waals surface area (Å²) < 4.78 is 19.5. The van der Waals surface area contributed by atoms with Crippen LogP contribution < -0.4 is 0 Å². The van der Waals surface area contributed by atoms with Crippen molar-refractivity contribution < 1.29 is 24.1 Å². The van der Waals surface area contributed by atoms with Crippen LogP contribution in [0.3, 0.4) is 0 Å². The van der Waals surface area contributed by atoms with Gasteiger partial charge in [0, 0.05) is 25.4 Å². The lowest BCUT2D eigenvalue weighted by atomic mass is 10.0. The predicted octanol–water partition coefficient (Wildman–Crippen LogP) is 7.73. The molecular formula is C33H46O5. The van der Waals surface area contributed by atoms with Crippen molar-refractivity contribution in [2.24, 2.45) is 5.92 Å². The van der Waals surface area contributed by atoms with Crippen molar-refractivity contribution in [1.29, 1.82) is 0 Å². The van der Waals surface area contributed by atoms with Crippen molar-refractivity contribution in [2.45, 2.75) is 103 Å². The van der Waals surface area contributed by atoms with E-state index in [1.165, 1.54) is 25.7 Å². The van der Waals surface area contributed by atoms with Gasteiger partial charge in [-0.05, 0) is 36.8 Å². The number of carboxylic acid groups (broad SMARTS) is 1. The van der Waals surface area contributed by atoms with Gasteiger partial charge in [-0.2, -0.15) is 0 Å². The maximum absolute atomic E-state index is 10.8. The van der Waals surface area contributed by atoms with Crippen LogP contribution in [0, 0.1) is 5.92 Å². The molecule has 3 rings (SSSR count). The SMILES string of the molecule is CCCCCCCO[C@@H]1[C@@H](C=CCCCCC(=O)O)[C@@H](OCc2ccccc2)C[C@H]1OCc1ccccc1. The van der Waals surface area contributed by atoms with Gasteiger partial charge in [0.25, 0.3) is 0 Å². The molecule has 208 valence electrons. The summed E-state index contributed by atoms with van der Waals surface area (Å²) in [7, 11) is 0. The first kappa shape index (κ1) is 30.1. The van der Waals surface area contributed by atoms with Crippen LogP contribution in [0.4, 0.5) is 0 Å². The van der Waals surface area contributed by atoms with Gasteiger partial charge >= 0.3 is 5.97 Å². The zero-order valence-electron chi connectivity index (χ0n) is 23.0. The number of unbranched alkanes of at least 4 members (excludes halogenated alkanes) is 6. The van der Waals surface area contributed by atoms with Crippen molar-refractivity contribution >= 4 is 5.97 Å². The molecule has 1 aliphatic rings. The van der Waals surface area contributed by atoms with Crippen LogP contribution in [0.2, 0.25) is 0 Å². The van der Waals surface area contributed by atoms with Crippen LogP contribution in [0.1, 0.15) is 82.3 Å². The first-order valence-corrected chi connectivity index (χ1v) is 14.5. The Balaban J connectivity index is 1.67. The number of ether oxygens (including phenoxy) is 3. The molecule has 0 amide bonds. The Morgan fingerprint density at radius 3 is 2.08 bits per heavy atom. The van der Waals surface area contributed by atoms with E-state index in [9.17, 15) is 4.79 Å². The molecule has 2 aromatic rings. The Morgan fingerprint density at radius 2 is 1.45 bits per heavy atom. The Bertz CT molecular complexity index is 913. The molecule has 38 heavy (non-hydrogen) atoms. The van der Waals surface area contributed by atoms with E-state index < -0.39 is 5.97 Å². The van der Waals surface area contributed by atoms with Gasteiger partial charge < -0.3 is 19.3 Å². The summed E-state index contributed by atoms with van der Waals surface area (Å²) in [5.41, 5.74) is 2.32. The van der Waals surface area contributed by atoms with Gasteiger partial charge in [0.15, 0.2) is 0 Å². The molecule has 1 fully saturated rings. The average Bonchev–Trinajstić information content (AvgIpc) is 3.27. The standard InChI is InChI=1S/C33H46O5/c1-2-3-4-7-16-23-36-33-29(21-14-5-6-15-22-32(34)35)30(37-25-27-17-10-8-11-18-27)24-31(33)38-26-28-19-12-9-13-20-28/h8-14,17-21,29-31,33H,2-7,15-16,22-26H2,1H3,(H,34,35)/t29-,30-,31+,33+/m0/s1. The molecule has 0 radical (unpaired) electrons. The molecule has 4 atom stereocenters. The monoisotopic (exact) mass is 522 g/mol. The van der Waals surface area contributed by atoms with Crippen molar-refractivity contribution in [2.75, 3.05) is 6.61 Å². The third kappa shape index (κ3) is 11.1. The number of hydrogen-bond acceptors (Lipinski definition) is 4. The molecule has 0 heterocycles. The van der Waals surface area contributed by atoms with E-state index in [1.807, 2.05) is 36.4 Å². The van der Waals surface area contributed by atoms with Crippen LogP contribution >= 0.6 is 0 Å². The molecule has 1 aliphatic carbocycles. The van der Waals surface area contributed by atoms with E-state index >= 15 is 0 Å². The summed E-state index contributed by atoms with van der Waals surface area (Å²) in [6, 6.07) is 20.6. The molecule has 0 aliphatic heterocycles. The van der Waals surface area contributed by atoms with E-state index in [0.717, 1.165) is 43.4 Å². The van der Waals surface area contributed by atoms with Crippen LogP contribution in [-0.2, 0) is 32.2 Å². The average molecular weight is 523 g/mol. The molecular weight excluding hydrogens is 476 g/mol. The highest BCUT2D eigenvalue weighted by Crippen LogP contribution is 2.36. The molecule has 1 N–H and O–H groups in total. The third-order valence-electron chi connectivity index (χ3n) is 7.18. The minimum Gasteiger partial charge on any atom is -0.481 e. The van der Waals surface area contributed by atoms with E-state index in [1.54, 1.807) is 0 Å². The van der Waals surface area contributed by atoms with E-state index in [-0.39, 0.29) is 30.7 Å². The van der Waals surface area contributed by atoms with Gasteiger partial charge in [0.2, 0.25) is 0 Å². The fraction of sp³-hybridized carbons (Fsp3) is 0.545. The van der Waals surface area contributed by atoms with Crippen LogP contribution in [0.15, 0.2) is 72.8 Å². The van der Waals surface area contributed by atoms with Gasteiger partial charge in [-0.3, -0.25) is 4.79 Å². The lowest BCUT2D eigenvalue weighted by Gasteiger charge is -2.25. The van der Waals surface area contributed by atoms with Gasteiger partial charge in [-0.25, -0.2) is 0 Å². The summed E-state index contributed by atoms with van der Waals surface area (Å²) in [6.45, 7) is 4.08. The summed E-state index contributed by atoms with van der Waals surface area (Å²) in [6.07, 6.45) is 13.7. The molecule has 0 saturated heterocycles. The van der Waals surface area contributed by atoms with E-state index in [4.69, 9.17) is 19.3 Å². The van der Waals surface area contributed by atoms with Crippen molar-refractivity contribution in [3.05, 3.63) is 83.9 Å². The zero-order chi connectivity index (χ0) is 26.8. The van der Waals surface area contributed by atoms with E-state index in [2.05, 4.69) is 43.3 Å². The van der Waals surface area contributed by atoms with Crippen LogP contribution in [0.5, 0.6) is 0 Å². The second-order valence-corrected chi connectivity index (χ2v) is 10.3.